The Kier molecular flexibility index (Phi) is 8.53. The average Bonchev–Trinajstić information content (AvgIpc) is 2.80. The lowest BCUT2D eigenvalue weighted by Gasteiger charge is -2.31. The Hall–Kier alpha value is -2.58. The molecule has 0 unspecified atom stereocenters. The van der Waals surface area contributed by atoms with Crippen molar-refractivity contribution in [1.82, 2.24) is 9.62 Å². The van der Waals surface area contributed by atoms with Crippen LogP contribution in [0.15, 0.2) is 53.4 Å². The molecule has 1 fully saturated rings. The Morgan fingerprint density at radius 1 is 1.06 bits per heavy atom. The van der Waals surface area contributed by atoms with E-state index >= 15 is 0 Å². The summed E-state index contributed by atoms with van der Waals surface area (Å²) in [6, 6.07) is 14.4. The van der Waals surface area contributed by atoms with Crippen LogP contribution in [0, 0.1) is 0 Å². The number of rotatable bonds is 10. The molecule has 0 bridgehead atoms. The standard InChI is InChI=1S/C24H33N3O4S/c1-3-31-21-11-13-22(14-12-21)32(29,30)25-16-15-24(28)26(2)19-20-9-5-6-10-23(20)27-17-7-4-8-18-27/h5-6,9-14,25H,3-4,7-8,15-19H2,1-2H3. The third-order valence-corrected chi connectivity index (χ3v) is 7.07. The molecule has 0 spiro atoms. The van der Waals surface area contributed by atoms with E-state index in [0.717, 1.165) is 18.7 Å². The number of anilines is 1. The number of ether oxygens (including phenoxy) is 1. The first-order valence-electron chi connectivity index (χ1n) is 11.2. The van der Waals surface area contributed by atoms with E-state index in [2.05, 4.69) is 21.8 Å². The van der Waals surface area contributed by atoms with Gasteiger partial charge in [0.2, 0.25) is 15.9 Å². The summed E-state index contributed by atoms with van der Waals surface area (Å²) in [6.07, 6.45) is 3.75. The second-order valence-electron chi connectivity index (χ2n) is 7.98. The molecule has 3 rings (SSSR count). The minimum Gasteiger partial charge on any atom is -0.494 e. The molecule has 1 amide bonds. The number of carbonyl (C=O) groups excluding carboxylic acids is 1. The smallest absolute Gasteiger partial charge is 0.240 e. The van der Waals surface area contributed by atoms with Crippen LogP contribution in [0.3, 0.4) is 0 Å². The van der Waals surface area contributed by atoms with Crippen molar-refractivity contribution >= 4 is 21.6 Å². The Morgan fingerprint density at radius 2 is 1.75 bits per heavy atom. The fraction of sp³-hybridized carbons (Fsp3) is 0.458. The third-order valence-electron chi connectivity index (χ3n) is 5.60. The molecule has 1 N–H and O–H groups in total. The molecule has 1 aliphatic rings. The summed E-state index contributed by atoms with van der Waals surface area (Å²) in [5, 5.41) is 0. The number of para-hydroxylation sites is 1. The van der Waals surface area contributed by atoms with E-state index < -0.39 is 10.0 Å². The maximum absolute atomic E-state index is 12.6. The van der Waals surface area contributed by atoms with E-state index in [4.69, 9.17) is 4.74 Å². The molecule has 0 atom stereocenters. The number of carbonyl (C=O) groups is 1. The van der Waals surface area contributed by atoms with Crippen LogP contribution < -0.4 is 14.4 Å². The topological polar surface area (TPSA) is 78.9 Å². The van der Waals surface area contributed by atoms with E-state index in [1.165, 1.54) is 37.1 Å². The molecule has 0 saturated carbocycles. The molecule has 2 aromatic rings. The molecule has 0 radical (unpaired) electrons. The number of nitrogens with one attached hydrogen (secondary N) is 1. The predicted octanol–water partition coefficient (Wildman–Crippen LogP) is 3.40. The monoisotopic (exact) mass is 459 g/mol. The fourth-order valence-electron chi connectivity index (χ4n) is 3.88. The predicted molar refractivity (Wildman–Crippen MR) is 126 cm³/mol. The molecule has 1 heterocycles. The van der Waals surface area contributed by atoms with Crippen molar-refractivity contribution in [2.75, 3.05) is 38.2 Å². The van der Waals surface area contributed by atoms with Gasteiger partial charge in [0, 0.05) is 45.3 Å². The maximum atomic E-state index is 12.6. The van der Waals surface area contributed by atoms with Crippen LogP contribution in [0.5, 0.6) is 5.75 Å². The molecule has 8 heteroatoms. The molecule has 2 aromatic carbocycles. The molecular formula is C24H33N3O4S. The summed E-state index contributed by atoms with van der Waals surface area (Å²) in [5.41, 5.74) is 2.29. The Labute approximate surface area is 191 Å². The number of piperidine rings is 1. The number of sulfonamides is 1. The lowest BCUT2D eigenvalue weighted by atomic mass is 10.1. The van der Waals surface area contributed by atoms with Gasteiger partial charge >= 0.3 is 0 Å². The van der Waals surface area contributed by atoms with Crippen molar-refractivity contribution in [3.63, 3.8) is 0 Å². The fourth-order valence-corrected chi connectivity index (χ4v) is 4.91. The zero-order valence-corrected chi connectivity index (χ0v) is 19.7. The van der Waals surface area contributed by atoms with E-state index in [1.807, 2.05) is 19.1 Å². The van der Waals surface area contributed by atoms with Gasteiger partial charge in [-0.2, -0.15) is 0 Å². The van der Waals surface area contributed by atoms with Gasteiger partial charge in [0.15, 0.2) is 0 Å². The molecular weight excluding hydrogens is 426 g/mol. The number of hydrogen-bond acceptors (Lipinski definition) is 5. The van der Waals surface area contributed by atoms with Crippen molar-refractivity contribution in [2.45, 2.75) is 44.0 Å². The van der Waals surface area contributed by atoms with Crippen molar-refractivity contribution in [3.05, 3.63) is 54.1 Å². The number of amides is 1. The van der Waals surface area contributed by atoms with Crippen LogP contribution in [-0.2, 0) is 21.4 Å². The third kappa shape index (κ3) is 6.46. The SMILES string of the molecule is CCOc1ccc(S(=O)(=O)NCCC(=O)N(C)Cc2ccccc2N2CCCCC2)cc1. The van der Waals surface area contributed by atoms with Crippen molar-refractivity contribution in [3.8, 4) is 5.75 Å². The maximum Gasteiger partial charge on any atom is 0.240 e. The van der Waals surface area contributed by atoms with Crippen LogP contribution >= 0.6 is 0 Å². The minimum absolute atomic E-state index is 0.0481. The lowest BCUT2D eigenvalue weighted by molar-refractivity contribution is -0.130. The Morgan fingerprint density at radius 3 is 2.44 bits per heavy atom. The number of benzene rings is 2. The minimum atomic E-state index is -3.68. The summed E-state index contributed by atoms with van der Waals surface area (Å²) < 4.78 is 32.8. The zero-order valence-electron chi connectivity index (χ0n) is 18.9. The van der Waals surface area contributed by atoms with Crippen LogP contribution in [0.4, 0.5) is 5.69 Å². The highest BCUT2D eigenvalue weighted by atomic mass is 32.2. The first-order chi connectivity index (χ1) is 15.4. The van der Waals surface area contributed by atoms with Gasteiger partial charge in [0.25, 0.3) is 0 Å². The molecule has 1 saturated heterocycles. The lowest BCUT2D eigenvalue weighted by Crippen LogP contribution is -2.33. The summed E-state index contributed by atoms with van der Waals surface area (Å²) in [7, 11) is -1.92. The van der Waals surface area contributed by atoms with Gasteiger partial charge in [-0.05, 0) is 62.1 Å². The molecule has 7 nitrogen and oxygen atoms in total. The molecule has 32 heavy (non-hydrogen) atoms. The summed E-state index contributed by atoms with van der Waals surface area (Å²) in [6.45, 7) is 5.02. The zero-order chi connectivity index (χ0) is 23.0. The van der Waals surface area contributed by atoms with Gasteiger partial charge in [-0.15, -0.1) is 0 Å². The number of nitrogens with zero attached hydrogens (tertiary/aromatic N) is 2. The van der Waals surface area contributed by atoms with Crippen LogP contribution in [-0.4, -0.2) is 52.5 Å². The van der Waals surface area contributed by atoms with Crippen molar-refractivity contribution in [1.29, 1.82) is 0 Å². The molecule has 0 aliphatic carbocycles. The Bertz CT molecular complexity index is 987. The number of hydrogen-bond donors (Lipinski definition) is 1. The molecule has 174 valence electrons. The summed E-state index contributed by atoms with van der Waals surface area (Å²) in [5.74, 6) is 0.515. The highest BCUT2D eigenvalue weighted by Gasteiger charge is 2.18. The van der Waals surface area contributed by atoms with Crippen molar-refractivity contribution in [2.24, 2.45) is 0 Å². The average molecular weight is 460 g/mol. The largest absolute Gasteiger partial charge is 0.494 e. The van der Waals surface area contributed by atoms with E-state index in [0.29, 0.717) is 18.9 Å². The normalized spacial score (nSPS) is 14.2. The first-order valence-corrected chi connectivity index (χ1v) is 12.7. The van der Waals surface area contributed by atoms with Gasteiger partial charge in [0.1, 0.15) is 5.75 Å². The van der Waals surface area contributed by atoms with E-state index in [-0.39, 0.29) is 23.8 Å². The van der Waals surface area contributed by atoms with Crippen molar-refractivity contribution < 1.29 is 17.9 Å². The summed E-state index contributed by atoms with van der Waals surface area (Å²) >= 11 is 0. The highest BCUT2D eigenvalue weighted by molar-refractivity contribution is 7.89. The molecule has 0 aromatic heterocycles. The van der Waals surface area contributed by atoms with Gasteiger partial charge in [-0.1, -0.05) is 18.2 Å². The first kappa shape index (κ1) is 24.1. The van der Waals surface area contributed by atoms with E-state index in [9.17, 15) is 13.2 Å². The van der Waals surface area contributed by atoms with Crippen LogP contribution in [0.1, 0.15) is 38.2 Å². The second-order valence-corrected chi connectivity index (χ2v) is 9.75. The van der Waals surface area contributed by atoms with E-state index in [1.54, 1.807) is 24.1 Å². The highest BCUT2D eigenvalue weighted by Crippen LogP contribution is 2.25. The Balaban J connectivity index is 1.53. The van der Waals surface area contributed by atoms with Gasteiger partial charge in [-0.3, -0.25) is 4.79 Å². The van der Waals surface area contributed by atoms with Gasteiger partial charge in [-0.25, -0.2) is 13.1 Å². The summed E-state index contributed by atoms with van der Waals surface area (Å²) in [4.78, 5) is 16.8. The quantitative estimate of drug-likeness (QED) is 0.589. The van der Waals surface area contributed by atoms with Crippen LogP contribution in [0.25, 0.3) is 0 Å². The van der Waals surface area contributed by atoms with Crippen LogP contribution in [0.2, 0.25) is 0 Å². The second kappa shape index (κ2) is 11.3. The molecule has 1 aliphatic heterocycles. The van der Waals surface area contributed by atoms with Gasteiger partial charge < -0.3 is 14.5 Å². The van der Waals surface area contributed by atoms with Gasteiger partial charge in [0.05, 0.1) is 11.5 Å².